The summed E-state index contributed by atoms with van der Waals surface area (Å²) in [6.45, 7) is 2.63. The fraction of sp³-hybridized carbons (Fsp3) is 0.273. The number of nitrogens with one attached hydrogen (secondary N) is 1. The average Bonchev–Trinajstić information content (AvgIpc) is 2.45. The van der Waals surface area contributed by atoms with Crippen LogP contribution in [-0.4, -0.2) is 23.2 Å². The Morgan fingerprint density at radius 3 is 2.50 bits per heavy atom. The molecular weight excluding hydrogens is 176 g/mol. The van der Waals surface area contributed by atoms with Crippen LogP contribution in [-0.2, 0) is 0 Å². The van der Waals surface area contributed by atoms with Gasteiger partial charge in [-0.2, -0.15) is 0 Å². The van der Waals surface area contributed by atoms with Crippen molar-refractivity contribution >= 4 is 11.7 Å². The Morgan fingerprint density at radius 1 is 1.29 bits per heavy atom. The molecule has 72 valence electrons. The van der Waals surface area contributed by atoms with Crippen LogP contribution in [0.2, 0.25) is 0 Å². The molecule has 1 aromatic rings. The van der Waals surface area contributed by atoms with Crippen LogP contribution in [0.25, 0.3) is 0 Å². The Balaban J connectivity index is 2.43. The summed E-state index contributed by atoms with van der Waals surface area (Å²) in [7, 11) is 0. The van der Waals surface area contributed by atoms with Gasteiger partial charge < -0.3 is 0 Å². The fourth-order valence-electron chi connectivity index (χ4n) is 1.71. The molecule has 1 heterocycles. The predicted octanol–water partition coefficient (Wildman–Crippen LogP) is 1.88. The summed E-state index contributed by atoms with van der Waals surface area (Å²) < 4.78 is 0. The number of amidine groups is 1. The highest BCUT2D eigenvalue weighted by Crippen LogP contribution is 2.22. The number of rotatable bonds is 2. The molecule has 0 fully saturated rings. The predicted molar refractivity (Wildman–Crippen MR) is 54.6 cm³/mol. The van der Waals surface area contributed by atoms with Gasteiger partial charge in [0.05, 0.1) is 5.56 Å². The molecule has 2 rings (SSSR count). The van der Waals surface area contributed by atoms with Gasteiger partial charge in [-0.15, -0.1) is 0 Å². The second-order valence-electron chi connectivity index (χ2n) is 3.35. The number of carbonyl (C=O) groups excluding carboxylic acids is 1. The van der Waals surface area contributed by atoms with Crippen LogP contribution in [0.3, 0.4) is 0 Å². The summed E-state index contributed by atoms with van der Waals surface area (Å²) in [4.78, 5) is 13.3. The van der Waals surface area contributed by atoms with Crippen LogP contribution < -0.4 is 0 Å². The van der Waals surface area contributed by atoms with E-state index in [2.05, 4.69) is 0 Å². The van der Waals surface area contributed by atoms with Crippen LogP contribution in [0.4, 0.5) is 0 Å². The summed E-state index contributed by atoms with van der Waals surface area (Å²) in [5.74, 6) is 0.305. The van der Waals surface area contributed by atoms with Crippen molar-refractivity contribution in [1.29, 1.82) is 5.41 Å². The van der Waals surface area contributed by atoms with Crippen molar-refractivity contribution in [2.75, 3.05) is 6.54 Å². The number of nitrogens with zero attached hydrogens (tertiary/aromatic N) is 1. The molecule has 14 heavy (non-hydrogen) atoms. The van der Waals surface area contributed by atoms with E-state index >= 15 is 0 Å². The standard InChI is InChI=1S/C11H12N2O/c1-2-7-13-10(12)8-5-3-4-6-9(8)11(13)14/h3-6,12H,2,7H2,1H3. The summed E-state index contributed by atoms with van der Waals surface area (Å²) in [5, 5.41) is 7.83. The summed E-state index contributed by atoms with van der Waals surface area (Å²) in [6.07, 6.45) is 0.877. The van der Waals surface area contributed by atoms with Crippen molar-refractivity contribution in [3.8, 4) is 0 Å². The lowest BCUT2D eigenvalue weighted by Gasteiger charge is -2.13. The highest BCUT2D eigenvalue weighted by molar-refractivity contribution is 6.22. The van der Waals surface area contributed by atoms with Gasteiger partial charge >= 0.3 is 0 Å². The number of benzene rings is 1. The average molecular weight is 188 g/mol. The second-order valence-corrected chi connectivity index (χ2v) is 3.35. The van der Waals surface area contributed by atoms with Crippen molar-refractivity contribution in [1.82, 2.24) is 4.90 Å². The zero-order valence-corrected chi connectivity index (χ0v) is 8.08. The lowest BCUT2D eigenvalue weighted by atomic mass is 10.1. The van der Waals surface area contributed by atoms with Crippen LogP contribution in [0, 0.1) is 5.41 Å². The Kier molecular flexibility index (Phi) is 2.08. The van der Waals surface area contributed by atoms with Gasteiger partial charge in [0.25, 0.3) is 5.91 Å². The van der Waals surface area contributed by atoms with Crippen molar-refractivity contribution < 1.29 is 4.79 Å². The minimum absolute atomic E-state index is 0.0348. The monoisotopic (exact) mass is 188 g/mol. The van der Waals surface area contributed by atoms with Crippen LogP contribution >= 0.6 is 0 Å². The first-order chi connectivity index (χ1) is 6.75. The van der Waals surface area contributed by atoms with E-state index in [1.807, 2.05) is 25.1 Å². The van der Waals surface area contributed by atoms with Crippen molar-refractivity contribution in [3.63, 3.8) is 0 Å². The topological polar surface area (TPSA) is 44.2 Å². The molecule has 1 aromatic carbocycles. The zero-order valence-electron chi connectivity index (χ0n) is 8.08. The number of carbonyl (C=O) groups is 1. The van der Waals surface area contributed by atoms with E-state index < -0.39 is 0 Å². The Hall–Kier alpha value is -1.64. The van der Waals surface area contributed by atoms with E-state index in [0.717, 1.165) is 12.0 Å². The maximum Gasteiger partial charge on any atom is 0.260 e. The van der Waals surface area contributed by atoms with E-state index in [9.17, 15) is 4.79 Å². The molecular formula is C11H12N2O. The molecule has 0 bridgehead atoms. The van der Waals surface area contributed by atoms with Gasteiger partial charge in [-0.25, -0.2) is 0 Å². The lowest BCUT2D eigenvalue weighted by Crippen LogP contribution is -2.30. The Bertz CT molecular complexity index is 363. The van der Waals surface area contributed by atoms with Gasteiger partial charge in [-0.05, 0) is 12.5 Å². The van der Waals surface area contributed by atoms with Gasteiger partial charge in [0.2, 0.25) is 0 Å². The van der Waals surface area contributed by atoms with Crippen molar-refractivity contribution in [2.45, 2.75) is 13.3 Å². The van der Waals surface area contributed by atoms with Crippen LogP contribution in [0.5, 0.6) is 0 Å². The van der Waals surface area contributed by atoms with Crippen LogP contribution in [0.1, 0.15) is 29.3 Å². The largest absolute Gasteiger partial charge is 0.293 e. The van der Waals surface area contributed by atoms with Crippen molar-refractivity contribution in [3.05, 3.63) is 35.4 Å². The third kappa shape index (κ3) is 1.13. The first-order valence-corrected chi connectivity index (χ1v) is 4.75. The maximum atomic E-state index is 11.8. The molecule has 0 saturated heterocycles. The Labute approximate surface area is 82.9 Å². The molecule has 0 aromatic heterocycles. The van der Waals surface area contributed by atoms with Gasteiger partial charge in [0.1, 0.15) is 5.84 Å². The molecule has 1 amide bonds. The maximum absolute atomic E-state index is 11.8. The molecule has 0 aliphatic carbocycles. The van der Waals surface area contributed by atoms with E-state index in [4.69, 9.17) is 5.41 Å². The molecule has 0 saturated carbocycles. The third-order valence-electron chi connectivity index (χ3n) is 2.37. The summed E-state index contributed by atoms with van der Waals surface area (Å²) in [5.41, 5.74) is 1.41. The first-order valence-electron chi connectivity index (χ1n) is 4.75. The van der Waals surface area contributed by atoms with E-state index in [0.29, 0.717) is 17.9 Å². The molecule has 1 aliphatic rings. The van der Waals surface area contributed by atoms with Gasteiger partial charge in [-0.3, -0.25) is 15.1 Å². The SMILES string of the molecule is CCCN1C(=N)c2ccccc2C1=O. The molecule has 0 atom stereocenters. The number of fused-ring (bicyclic) bond motifs is 1. The quantitative estimate of drug-likeness (QED) is 0.756. The summed E-state index contributed by atoms with van der Waals surface area (Å²) >= 11 is 0. The summed E-state index contributed by atoms with van der Waals surface area (Å²) in [6, 6.07) is 7.29. The second kappa shape index (κ2) is 3.25. The smallest absolute Gasteiger partial charge is 0.260 e. The highest BCUT2D eigenvalue weighted by Gasteiger charge is 2.31. The molecule has 0 spiro atoms. The fourth-order valence-corrected chi connectivity index (χ4v) is 1.71. The lowest BCUT2D eigenvalue weighted by molar-refractivity contribution is 0.0859. The van der Waals surface area contributed by atoms with Gasteiger partial charge in [0.15, 0.2) is 0 Å². The van der Waals surface area contributed by atoms with Gasteiger partial charge in [0, 0.05) is 12.1 Å². The van der Waals surface area contributed by atoms with Crippen LogP contribution in [0.15, 0.2) is 24.3 Å². The first kappa shape index (κ1) is 8.94. The number of hydrogen-bond acceptors (Lipinski definition) is 2. The normalized spacial score (nSPS) is 14.8. The highest BCUT2D eigenvalue weighted by atomic mass is 16.2. The van der Waals surface area contributed by atoms with Crippen molar-refractivity contribution in [2.24, 2.45) is 0 Å². The van der Waals surface area contributed by atoms with E-state index in [1.165, 1.54) is 4.90 Å². The zero-order chi connectivity index (χ0) is 10.1. The molecule has 0 unspecified atom stereocenters. The molecule has 3 nitrogen and oxygen atoms in total. The minimum atomic E-state index is -0.0348. The van der Waals surface area contributed by atoms with E-state index in [1.54, 1.807) is 6.07 Å². The molecule has 1 aliphatic heterocycles. The number of hydrogen-bond donors (Lipinski definition) is 1. The molecule has 3 heteroatoms. The minimum Gasteiger partial charge on any atom is -0.293 e. The Morgan fingerprint density at radius 2 is 1.93 bits per heavy atom. The number of amides is 1. The molecule has 1 N–H and O–H groups in total. The van der Waals surface area contributed by atoms with Gasteiger partial charge in [-0.1, -0.05) is 25.1 Å². The third-order valence-corrected chi connectivity index (χ3v) is 2.37. The molecule has 0 radical (unpaired) electrons. The van der Waals surface area contributed by atoms with E-state index in [-0.39, 0.29) is 5.91 Å².